The highest BCUT2D eigenvalue weighted by molar-refractivity contribution is 5.95. The highest BCUT2D eigenvalue weighted by Gasteiger charge is 2.26. The Bertz CT molecular complexity index is 524. The van der Waals surface area contributed by atoms with Crippen molar-refractivity contribution in [1.29, 1.82) is 0 Å². The van der Waals surface area contributed by atoms with Gasteiger partial charge in [-0.2, -0.15) is 0 Å². The van der Waals surface area contributed by atoms with Crippen LogP contribution < -0.4 is 0 Å². The average Bonchev–Trinajstić information content (AvgIpc) is 2.45. The molecule has 0 spiro atoms. The Morgan fingerprint density at radius 1 is 1.35 bits per heavy atom. The zero-order valence-electron chi connectivity index (χ0n) is 12.4. The second-order valence-electron chi connectivity index (χ2n) is 5.51. The van der Waals surface area contributed by atoms with E-state index < -0.39 is 0 Å². The van der Waals surface area contributed by atoms with Gasteiger partial charge in [0.15, 0.2) is 0 Å². The van der Waals surface area contributed by atoms with E-state index in [1.54, 1.807) is 0 Å². The van der Waals surface area contributed by atoms with Crippen molar-refractivity contribution in [1.82, 2.24) is 9.88 Å². The number of carbonyl (C=O) groups excluding carboxylic acids is 1. The molecule has 0 atom stereocenters. The number of hydrogen-bond donors (Lipinski definition) is 0. The minimum atomic E-state index is 0.0276. The molecule has 0 aliphatic heterocycles. The van der Waals surface area contributed by atoms with Crippen LogP contribution in [0.3, 0.4) is 0 Å². The smallest absolute Gasteiger partial charge is 0.256 e. The number of carbonyl (C=O) groups is 1. The number of pyridine rings is 1. The van der Waals surface area contributed by atoms with Crippen LogP contribution in [0.25, 0.3) is 0 Å². The van der Waals surface area contributed by atoms with Gasteiger partial charge in [-0.1, -0.05) is 25.2 Å². The summed E-state index contributed by atoms with van der Waals surface area (Å²) in [5, 5.41) is 0. The van der Waals surface area contributed by atoms with Crippen molar-refractivity contribution in [2.75, 3.05) is 6.54 Å². The van der Waals surface area contributed by atoms with Crippen LogP contribution in [0.5, 0.6) is 0 Å². The van der Waals surface area contributed by atoms with E-state index in [1.165, 1.54) is 19.3 Å². The Morgan fingerprint density at radius 3 is 2.65 bits per heavy atom. The van der Waals surface area contributed by atoms with Gasteiger partial charge in [-0.15, -0.1) is 6.42 Å². The summed E-state index contributed by atoms with van der Waals surface area (Å²) in [6.07, 6.45) is 11.2. The van der Waals surface area contributed by atoms with Gasteiger partial charge in [-0.25, -0.2) is 0 Å². The quantitative estimate of drug-likeness (QED) is 0.791. The maximum absolute atomic E-state index is 12.8. The molecule has 1 heterocycles. The molecule has 3 heteroatoms. The number of terminal acetylenes is 1. The largest absolute Gasteiger partial charge is 0.324 e. The molecule has 0 radical (unpaired) electrons. The molecule has 1 saturated carbocycles. The Morgan fingerprint density at radius 2 is 2.05 bits per heavy atom. The molecule has 1 aromatic heterocycles. The second-order valence-corrected chi connectivity index (χ2v) is 5.51. The maximum atomic E-state index is 12.8. The first kappa shape index (κ1) is 14.6. The molecule has 0 saturated heterocycles. The van der Waals surface area contributed by atoms with E-state index in [-0.39, 0.29) is 11.9 Å². The molecule has 0 N–H and O–H groups in total. The normalized spacial score (nSPS) is 15.7. The summed E-state index contributed by atoms with van der Waals surface area (Å²) in [6.45, 7) is 4.20. The fraction of sp³-hybridized carbons (Fsp3) is 0.529. The molecular formula is C17H22N2O. The van der Waals surface area contributed by atoms with Gasteiger partial charge < -0.3 is 4.90 Å². The standard InChI is InChI=1S/C17H22N2O/c1-4-12-19(15-8-6-5-7-9-15)17(20)16-11-10-13(2)18-14(16)3/h1,10-11,15H,5-9,12H2,2-3H3. The Labute approximate surface area is 121 Å². The molecule has 3 nitrogen and oxygen atoms in total. The summed E-state index contributed by atoms with van der Waals surface area (Å²) in [4.78, 5) is 19.0. The van der Waals surface area contributed by atoms with E-state index in [0.717, 1.165) is 24.2 Å². The molecule has 1 aliphatic carbocycles. The fourth-order valence-corrected chi connectivity index (χ4v) is 2.93. The number of amides is 1. The summed E-state index contributed by atoms with van der Waals surface area (Å²) < 4.78 is 0. The van der Waals surface area contributed by atoms with Crippen molar-refractivity contribution >= 4 is 5.91 Å². The first-order chi connectivity index (χ1) is 9.63. The number of aryl methyl sites for hydroxylation is 2. The molecule has 2 rings (SSSR count). The third-order valence-electron chi connectivity index (χ3n) is 3.99. The van der Waals surface area contributed by atoms with Crippen LogP contribution in [0.1, 0.15) is 53.8 Å². The van der Waals surface area contributed by atoms with Gasteiger partial charge >= 0.3 is 0 Å². The molecule has 1 aromatic rings. The summed E-state index contributed by atoms with van der Waals surface area (Å²) in [6, 6.07) is 4.04. The molecule has 0 aromatic carbocycles. The SMILES string of the molecule is C#CCN(C(=O)c1ccc(C)nc1C)C1CCCCC1. The van der Waals surface area contributed by atoms with Crippen LogP contribution >= 0.6 is 0 Å². The Kier molecular flexibility index (Phi) is 4.79. The molecule has 1 amide bonds. The minimum Gasteiger partial charge on any atom is -0.324 e. The van der Waals surface area contributed by atoms with Crippen LogP contribution in [-0.4, -0.2) is 28.4 Å². The molecule has 20 heavy (non-hydrogen) atoms. The van der Waals surface area contributed by atoms with Crippen LogP contribution in [-0.2, 0) is 0 Å². The summed E-state index contributed by atoms with van der Waals surface area (Å²) in [7, 11) is 0. The zero-order chi connectivity index (χ0) is 14.5. The van der Waals surface area contributed by atoms with E-state index in [1.807, 2.05) is 30.9 Å². The second kappa shape index (κ2) is 6.56. The van der Waals surface area contributed by atoms with Gasteiger partial charge in [0.05, 0.1) is 17.8 Å². The highest BCUT2D eigenvalue weighted by Crippen LogP contribution is 2.24. The number of aromatic nitrogens is 1. The van der Waals surface area contributed by atoms with Crippen molar-refractivity contribution in [3.8, 4) is 12.3 Å². The van der Waals surface area contributed by atoms with Crippen molar-refractivity contribution in [3.63, 3.8) is 0 Å². The molecule has 0 unspecified atom stereocenters. The van der Waals surface area contributed by atoms with Gasteiger partial charge in [-0.3, -0.25) is 9.78 Å². The third kappa shape index (κ3) is 3.19. The summed E-state index contributed by atoms with van der Waals surface area (Å²) >= 11 is 0. The molecule has 106 valence electrons. The predicted octanol–water partition coefficient (Wildman–Crippen LogP) is 3.11. The molecule has 0 bridgehead atoms. The Balaban J connectivity index is 2.24. The highest BCUT2D eigenvalue weighted by atomic mass is 16.2. The van der Waals surface area contributed by atoms with Gasteiger partial charge in [0.2, 0.25) is 0 Å². The Hall–Kier alpha value is -1.82. The zero-order valence-corrected chi connectivity index (χ0v) is 12.4. The van der Waals surface area contributed by atoms with Gasteiger partial charge in [0, 0.05) is 11.7 Å². The van der Waals surface area contributed by atoms with E-state index in [4.69, 9.17) is 6.42 Å². The van der Waals surface area contributed by atoms with Crippen LogP contribution in [0, 0.1) is 26.2 Å². The van der Waals surface area contributed by atoms with Crippen molar-refractivity contribution in [2.45, 2.75) is 52.0 Å². The first-order valence-electron chi connectivity index (χ1n) is 7.32. The lowest BCUT2D eigenvalue weighted by Crippen LogP contribution is -2.42. The van der Waals surface area contributed by atoms with E-state index >= 15 is 0 Å². The molecule has 1 aliphatic rings. The number of nitrogens with zero attached hydrogens (tertiary/aromatic N) is 2. The van der Waals surface area contributed by atoms with Gasteiger partial charge in [0.1, 0.15) is 0 Å². The fourth-order valence-electron chi connectivity index (χ4n) is 2.93. The number of rotatable bonds is 3. The van der Waals surface area contributed by atoms with Crippen LogP contribution in [0.4, 0.5) is 0 Å². The van der Waals surface area contributed by atoms with E-state index in [2.05, 4.69) is 10.9 Å². The van der Waals surface area contributed by atoms with Crippen molar-refractivity contribution < 1.29 is 4.79 Å². The predicted molar refractivity (Wildman–Crippen MR) is 80.5 cm³/mol. The lowest BCUT2D eigenvalue weighted by molar-refractivity contribution is 0.0666. The maximum Gasteiger partial charge on any atom is 0.256 e. The van der Waals surface area contributed by atoms with Crippen LogP contribution in [0.15, 0.2) is 12.1 Å². The first-order valence-corrected chi connectivity index (χ1v) is 7.32. The summed E-state index contributed by atoms with van der Waals surface area (Å²) in [5.74, 6) is 2.66. The average molecular weight is 270 g/mol. The van der Waals surface area contributed by atoms with Gasteiger partial charge in [-0.05, 0) is 38.8 Å². The third-order valence-corrected chi connectivity index (χ3v) is 3.99. The van der Waals surface area contributed by atoms with Crippen molar-refractivity contribution in [3.05, 3.63) is 29.1 Å². The van der Waals surface area contributed by atoms with Crippen molar-refractivity contribution in [2.24, 2.45) is 0 Å². The number of hydrogen-bond acceptors (Lipinski definition) is 2. The van der Waals surface area contributed by atoms with Crippen LogP contribution in [0.2, 0.25) is 0 Å². The lowest BCUT2D eigenvalue weighted by atomic mass is 9.93. The monoisotopic (exact) mass is 270 g/mol. The van der Waals surface area contributed by atoms with E-state index in [0.29, 0.717) is 12.1 Å². The minimum absolute atomic E-state index is 0.0276. The molecule has 1 fully saturated rings. The van der Waals surface area contributed by atoms with Gasteiger partial charge in [0.25, 0.3) is 5.91 Å². The van der Waals surface area contributed by atoms with E-state index in [9.17, 15) is 4.79 Å². The molecular weight excluding hydrogens is 248 g/mol. The summed E-state index contributed by atoms with van der Waals surface area (Å²) in [5.41, 5.74) is 2.39. The topological polar surface area (TPSA) is 33.2 Å². The lowest BCUT2D eigenvalue weighted by Gasteiger charge is -2.33.